The van der Waals surface area contributed by atoms with Gasteiger partial charge in [0.1, 0.15) is 18.0 Å². The largest absolute Gasteiger partial charge is 0.373 e. The van der Waals surface area contributed by atoms with E-state index >= 15 is 0 Å². The zero-order chi connectivity index (χ0) is 14.5. The van der Waals surface area contributed by atoms with Gasteiger partial charge in [0.25, 0.3) is 0 Å². The van der Waals surface area contributed by atoms with Crippen LogP contribution >= 0.6 is 0 Å². The monoisotopic (exact) mass is 276 g/mol. The first-order valence-electron chi connectivity index (χ1n) is 7.92. The van der Waals surface area contributed by atoms with E-state index in [1.165, 1.54) is 37.7 Å². The number of hydrogen-bond acceptors (Lipinski definition) is 4. The zero-order valence-corrected chi connectivity index (χ0v) is 13.2. The summed E-state index contributed by atoms with van der Waals surface area (Å²) in [4.78, 5) is 8.82. The van der Waals surface area contributed by atoms with Crippen molar-refractivity contribution in [3.05, 3.63) is 11.9 Å². The second kappa shape index (κ2) is 6.91. The number of rotatable bonds is 5. The van der Waals surface area contributed by atoms with Gasteiger partial charge in [-0.05, 0) is 31.6 Å². The quantitative estimate of drug-likeness (QED) is 0.852. The predicted octanol–water partition coefficient (Wildman–Crippen LogP) is 4.02. The van der Waals surface area contributed by atoms with Crippen molar-refractivity contribution in [1.29, 1.82) is 0 Å². The van der Waals surface area contributed by atoms with Gasteiger partial charge in [0.05, 0.1) is 0 Å². The molecule has 0 amide bonds. The van der Waals surface area contributed by atoms with Crippen LogP contribution in [-0.4, -0.2) is 23.1 Å². The minimum absolute atomic E-state index is 0.403. The van der Waals surface area contributed by atoms with Crippen LogP contribution in [0, 0.1) is 5.92 Å². The molecule has 0 radical (unpaired) electrons. The highest BCUT2D eigenvalue weighted by atomic mass is 15.1. The standard InChI is InChI=1S/C16H28N4/c1-11(2)14-15(17-4)18-10-19-16(14)20-12(3)13-8-6-5-7-9-13/h10-13H,5-9H2,1-4H3,(H2,17,18,19,20). The molecular formula is C16H28N4. The number of hydrogen-bond donors (Lipinski definition) is 2. The fourth-order valence-electron chi connectivity index (χ4n) is 3.22. The van der Waals surface area contributed by atoms with Gasteiger partial charge >= 0.3 is 0 Å². The molecule has 20 heavy (non-hydrogen) atoms. The van der Waals surface area contributed by atoms with Crippen LogP contribution in [0.25, 0.3) is 0 Å². The van der Waals surface area contributed by atoms with Crippen molar-refractivity contribution in [2.75, 3.05) is 17.7 Å². The summed E-state index contributed by atoms with van der Waals surface area (Å²) in [6.45, 7) is 6.67. The lowest BCUT2D eigenvalue weighted by molar-refractivity contribution is 0.328. The molecule has 1 atom stereocenters. The van der Waals surface area contributed by atoms with E-state index < -0.39 is 0 Å². The van der Waals surface area contributed by atoms with Gasteiger partial charge in [-0.25, -0.2) is 9.97 Å². The van der Waals surface area contributed by atoms with Crippen molar-refractivity contribution in [3.8, 4) is 0 Å². The van der Waals surface area contributed by atoms with Crippen LogP contribution < -0.4 is 10.6 Å². The second-order valence-electron chi connectivity index (χ2n) is 6.22. The SMILES string of the molecule is CNc1ncnc(NC(C)C2CCCCC2)c1C(C)C. The molecule has 1 aromatic heterocycles. The Morgan fingerprint density at radius 3 is 2.30 bits per heavy atom. The molecule has 1 unspecified atom stereocenters. The summed E-state index contributed by atoms with van der Waals surface area (Å²) < 4.78 is 0. The van der Waals surface area contributed by atoms with E-state index in [4.69, 9.17) is 0 Å². The lowest BCUT2D eigenvalue weighted by atomic mass is 9.84. The van der Waals surface area contributed by atoms with Crippen molar-refractivity contribution < 1.29 is 0 Å². The summed E-state index contributed by atoms with van der Waals surface area (Å²) in [5.41, 5.74) is 1.19. The maximum Gasteiger partial charge on any atom is 0.135 e. The molecular weight excluding hydrogens is 248 g/mol. The van der Waals surface area contributed by atoms with Crippen LogP contribution in [0.3, 0.4) is 0 Å². The minimum atomic E-state index is 0.403. The third kappa shape index (κ3) is 3.41. The van der Waals surface area contributed by atoms with E-state index in [1.54, 1.807) is 6.33 Å². The van der Waals surface area contributed by atoms with Crippen LogP contribution in [0.15, 0.2) is 6.33 Å². The van der Waals surface area contributed by atoms with Gasteiger partial charge < -0.3 is 10.6 Å². The molecule has 2 rings (SSSR count). The molecule has 1 aliphatic rings. The normalized spacial score (nSPS) is 18.1. The average molecular weight is 276 g/mol. The Labute approximate surface area is 122 Å². The molecule has 4 heteroatoms. The summed E-state index contributed by atoms with van der Waals surface area (Å²) in [6, 6.07) is 0.479. The van der Waals surface area contributed by atoms with Crippen molar-refractivity contribution >= 4 is 11.6 Å². The van der Waals surface area contributed by atoms with Crippen LogP contribution in [-0.2, 0) is 0 Å². The number of nitrogens with one attached hydrogen (secondary N) is 2. The van der Waals surface area contributed by atoms with E-state index in [9.17, 15) is 0 Å². The van der Waals surface area contributed by atoms with Crippen molar-refractivity contribution in [2.45, 2.75) is 64.8 Å². The van der Waals surface area contributed by atoms with Gasteiger partial charge in [-0.1, -0.05) is 33.1 Å². The van der Waals surface area contributed by atoms with Crippen molar-refractivity contribution in [2.24, 2.45) is 5.92 Å². The van der Waals surface area contributed by atoms with Crippen LogP contribution in [0.4, 0.5) is 11.6 Å². The minimum Gasteiger partial charge on any atom is -0.373 e. The van der Waals surface area contributed by atoms with Gasteiger partial charge in [0, 0.05) is 18.7 Å². The Balaban J connectivity index is 2.15. The molecule has 4 nitrogen and oxygen atoms in total. The summed E-state index contributed by atoms with van der Waals surface area (Å²) in [5, 5.41) is 6.82. The molecule has 0 aromatic carbocycles. The van der Waals surface area contributed by atoms with E-state index in [0.29, 0.717) is 12.0 Å². The van der Waals surface area contributed by atoms with Crippen LogP contribution in [0.2, 0.25) is 0 Å². The fraction of sp³-hybridized carbons (Fsp3) is 0.750. The molecule has 0 bridgehead atoms. The second-order valence-corrected chi connectivity index (χ2v) is 6.22. The highest BCUT2D eigenvalue weighted by Crippen LogP contribution is 2.31. The van der Waals surface area contributed by atoms with Crippen LogP contribution in [0.1, 0.15) is 64.4 Å². The summed E-state index contributed by atoms with van der Waals surface area (Å²) in [7, 11) is 1.92. The molecule has 0 aliphatic heterocycles. The molecule has 1 aromatic rings. The van der Waals surface area contributed by atoms with Gasteiger partial charge in [-0.2, -0.15) is 0 Å². The average Bonchev–Trinajstić information content (AvgIpc) is 2.47. The van der Waals surface area contributed by atoms with Gasteiger partial charge in [0.15, 0.2) is 0 Å². The summed E-state index contributed by atoms with van der Waals surface area (Å²) >= 11 is 0. The zero-order valence-electron chi connectivity index (χ0n) is 13.2. The first-order chi connectivity index (χ1) is 9.63. The molecule has 1 heterocycles. The Morgan fingerprint density at radius 1 is 1.05 bits per heavy atom. The van der Waals surface area contributed by atoms with Crippen molar-refractivity contribution in [1.82, 2.24) is 9.97 Å². The molecule has 1 fully saturated rings. The highest BCUT2D eigenvalue weighted by molar-refractivity contribution is 5.59. The maximum atomic E-state index is 4.48. The number of nitrogens with zero attached hydrogens (tertiary/aromatic N) is 2. The van der Waals surface area contributed by atoms with E-state index in [-0.39, 0.29) is 0 Å². The smallest absolute Gasteiger partial charge is 0.135 e. The van der Waals surface area contributed by atoms with Gasteiger partial charge in [-0.15, -0.1) is 0 Å². The third-order valence-corrected chi connectivity index (χ3v) is 4.42. The molecule has 1 aliphatic carbocycles. The molecule has 0 spiro atoms. The Kier molecular flexibility index (Phi) is 5.21. The number of anilines is 2. The highest BCUT2D eigenvalue weighted by Gasteiger charge is 2.22. The first kappa shape index (κ1) is 15.1. The van der Waals surface area contributed by atoms with Gasteiger partial charge in [-0.3, -0.25) is 0 Å². The summed E-state index contributed by atoms with van der Waals surface area (Å²) in [5.74, 6) is 3.11. The maximum absolute atomic E-state index is 4.48. The van der Waals surface area contributed by atoms with Crippen molar-refractivity contribution in [3.63, 3.8) is 0 Å². The van der Waals surface area contributed by atoms with E-state index in [2.05, 4.69) is 41.4 Å². The fourth-order valence-corrected chi connectivity index (χ4v) is 3.22. The molecule has 2 N–H and O–H groups in total. The number of aromatic nitrogens is 2. The molecule has 112 valence electrons. The Hall–Kier alpha value is -1.32. The van der Waals surface area contributed by atoms with E-state index in [0.717, 1.165) is 17.6 Å². The topological polar surface area (TPSA) is 49.8 Å². The molecule has 0 saturated heterocycles. The Morgan fingerprint density at radius 2 is 1.70 bits per heavy atom. The van der Waals surface area contributed by atoms with Crippen LogP contribution in [0.5, 0.6) is 0 Å². The summed E-state index contributed by atoms with van der Waals surface area (Å²) in [6.07, 6.45) is 8.48. The van der Waals surface area contributed by atoms with Gasteiger partial charge in [0.2, 0.25) is 0 Å². The third-order valence-electron chi connectivity index (χ3n) is 4.42. The first-order valence-corrected chi connectivity index (χ1v) is 7.92. The Bertz CT molecular complexity index is 424. The lowest BCUT2D eigenvalue weighted by Gasteiger charge is -2.29. The lowest BCUT2D eigenvalue weighted by Crippen LogP contribution is -2.29. The van der Waals surface area contributed by atoms with E-state index in [1.807, 2.05) is 7.05 Å². The predicted molar refractivity (Wildman–Crippen MR) is 85.3 cm³/mol. The molecule has 1 saturated carbocycles.